The smallest absolute Gasteiger partial charge is 0.00110 e. The molecule has 1 heterocycles. The van der Waals surface area contributed by atoms with Gasteiger partial charge in [-0.25, -0.2) is 0 Å². The lowest BCUT2D eigenvalue weighted by Gasteiger charge is -2.31. The molecule has 1 aliphatic carbocycles. The Hall–Kier alpha value is -0.0400. The standard InChI is InChI=1S/C12H23N/c1-10-4-3-6-12(7-5-10)9-13-8-11(12)2/h10-11,13H,3-9H2,1-2H3. The summed E-state index contributed by atoms with van der Waals surface area (Å²) < 4.78 is 0. The van der Waals surface area contributed by atoms with Crippen molar-refractivity contribution in [3.63, 3.8) is 0 Å². The van der Waals surface area contributed by atoms with E-state index in [0.717, 1.165) is 11.8 Å². The van der Waals surface area contributed by atoms with Crippen LogP contribution in [-0.4, -0.2) is 13.1 Å². The molecular weight excluding hydrogens is 158 g/mol. The molecule has 1 saturated carbocycles. The molecule has 1 saturated heterocycles. The van der Waals surface area contributed by atoms with E-state index in [4.69, 9.17) is 0 Å². The third kappa shape index (κ3) is 1.76. The van der Waals surface area contributed by atoms with Crippen LogP contribution in [0.25, 0.3) is 0 Å². The normalized spacial score (nSPS) is 46.6. The lowest BCUT2D eigenvalue weighted by atomic mass is 9.73. The highest BCUT2D eigenvalue weighted by Gasteiger charge is 2.40. The van der Waals surface area contributed by atoms with Gasteiger partial charge in [-0.2, -0.15) is 0 Å². The summed E-state index contributed by atoms with van der Waals surface area (Å²) in [6, 6.07) is 0. The van der Waals surface area contributed by atoms with Gasteiger partial charge in [-0.15, -0.1) is 0 Å². The first-order valence-corrected chi connectivity index (χ1v) is 5.94. The first-order chi connectivity index (χ1) is 6.23. The highest BCUT2D eigenvalue weighted by Crippen LogP contribution is 2.44. The molecule has 0 amide bonds. The lowest BCUT2D eigenvalue weighted by Crippen LogP contribution is -2.28. The van der Waals surface area contributed by atoms with Crippen LogP contribution in [0.5, 0.6) is 0 Å². The number of hydrogen-bond donors (Lipinski definition) is 1. The quantitative estimate of drug-likeness (QED) is 0.606. The molecule has 2 rings (SSSR count). The van der Waals surface area contributed by atoms with Crippen LogP contribution in [0.1, 0.15) is 46.0 Å². The minimum absolute atomic E-state index is 0.685. The second-order valence-electron chi connectivity index (χ2n) is 5.43. The molecule has 2 fully saturated rings. The zero-order valence-electron chi connectivity index (χ0n) is 9.10. The third-order valence-electron chi connectivity index (χ3n) is 4.48. The van der Waals surface area contributed by atoms with Crippen LogP contribution in [0.15, 0.2) is 0 Å². The van der Waals surface area contributed by atoms with Crippen molar-refractivity contribution in [1.82, 2.24) is 5.32 Å². The first-order valence-electron chi connectivity index (χ1n) is 5.94. The van der Waals surface area contributed by atoms with Crippen molar-refractivity contribution in [2.24, 2.45) is 17.3 Å². The van der Waals surface area contributed by atoms with E-state index >= 15 is 0 Å². The molecule has 0 bridgehead atoms. The molecule has 0 radical (unpaired) electrons. The Bertz CT molecular complexity index is 178. The average molecular weight is 181 g/mol. The van der Waals surface area contributed by atoms with E-state index in [1.807, 2.05) is 0 Å². The largest absolute Gasteiger partial charge is 0.316 e. The molecule has 3 unspecified atom stereocenters. The molecule has 1 aliphatic heterocycles. The fourth-order valence-corrected chi connectivity index (χ4v) is 3.20. The van der Waals surface area contributed by atoms with Crippen molar-refractivity contribution in [3.05, 3.63) is 0 Å². The summed E-state index contributed by atoms with van der Waals surface area (Å²) in [4.78, 5) is 0. The molecular formula is C12H23N. The number of rotatable bonds is 0. The Morgan fingerprint density at radius 2 is 2.00 bits per heavy atom. The second kappa shape index (κ2) is 3.61. The van der Waals surface area contributed by atoms with Crippen molar-refractivity contribution >= 4 is 0 Å². The van der Waals surface area contributed by atoms with Crippen LogP contribution < -0.4 is 5.32 Å². The van der Waals surface area contributed by atoms with Crippen LogP contribution >= 0.6 is 0 Å². The van der Waals surface area contributed by atoms with Crippen molar-refractivity contribution < 1.29 is 0 Å². The topological polar surface area (TPSA) is 12.0 Å². The fourth-order valence-electron chi connectivity index (χ4n) is 3.20. The minimum atomic E-state index is 0.685. The molecule has 13 heavy (non-hydrogen) atoms. The molecule has 3 atom stereocenters. The van der Waals surface area contributed by atoms with E-state index < -0.39 is 0 Å². The van der Waals surface area contributed by atoms with Gasteiger partial charge in [0.25, 0.3) is 0 Å². The third-order valence-corrected chi connectivity index (χ3v) is 4.48. The van der Waals surface area contributed by atoms with Crippen LogP contribution in [0.2, 0.25) is 0 Å². The fraction of sp³-hybridized carbons (Fsp3) is 1.00. The summed E-state index contributed by atoms with van der Waals surface area (Å²) in [5, 5.41) is 3.58. The summed E-state index contributed by atoms with van der Waals surface area (Å²) in [5.74, 6) is 1.89. The van der Waals surface area contributed by atoms with E-state index in [0.29, 0.717) is 5.41 Å². The van der Waals surface area contributed by atoms with Crippen molar-refractivity contribution in [2.45, 2.75) is 46.0 Å². The van der Waals surface area contributed by atoms with E-state index in [2.05, 4.69) is 19.2 Å². The van der Waals surface area contributed by atoms with Gasteiger partial charge in [0.05, 0.1) is 0 Å². The molecule has 0 aromatic carbocycles. The van der Waals surface area contributed by atoms with Crippen LogP contribution in [0.3, 0.4) is 0 Å². The van der Waals surface area contributed by atoms with Gasteiger partial charge in [0.2, 0.25) is 0 Å². The molecule has 1 N–H and O–H groups in total. The highest BCUT2D eigenvalue weighted by atomic mass is 14.9. The molecule has 2 aliphatic rings. The first kappa shape index (κ1) is 9.51. The molecule has 76 valence electrons. The van der Waals surface area contributed by atoms with Gasteiger partial charge >= 0.3 is 0 Å². The Morgan fingerprint density at radius 3 is 2.69 bits per heavy atom. The molecule has 1 heteroatoms. The monoisotopic (exact) mass is 181 g/mol. The Labute approximate surface area is 82.3 Å². The second-order valence-corrected chi connectivity index (χ2v) is 5.43. The van der Waals surface area contributed by atoms with E-state index in [1.54, 1.807) is 0 Å². The van der Waals surface area contributed by atoms with Crippen molar-refractivity contribution in [1.29, 1.82) is 0 Å². The zero-order valence-corrected chi connectivity index (χ0v) is 9.10. The van der Waals surface area contributed by atoms with Crippen LogP contribution in [0, 0.1) is 17.3 Å². The Balaban J connectivity index is 2.04. The minimum Gasteiger partial charge on any atom is -0.316 e. The van der Waals surface area contributed by atoms with Crippen molar-refractivity contribution in [3.8, 4) is 0 Å². The lowest BCUT2D eigenvalue weighted by molar-refractivity contribution is 0.203. The highest BCUT2D eigenvalue weighted by molar-refractivity contribution is 4.94. The maximum absolute atomic E-state index is 3.58. The molecule has 0 aromatic heterocycles. The number of hydrogen-bond acceptors (Lipinski definition) is 1. The van der Waals surface area contributed by atoms with Gasteiger partial charge in [-0.3, -0.25) is 0 Å². The van der Waals surface area contributed by atoms with Gasteiger partial charge < -0.3 is 5.32 Å². The van der Waals surface area contributed by atoms with E-state index in [9.17, 15) is 0 Å². The summed E-state index contributed by atoms with van der Waals surface area (Å²) in [7, 11) is 0. The predicted octanol–water partition coefficient (Wildman–Crippen LogP) is 2.81. The molecule has 1 nitrogen and oxygen atoms in total. The van der Waals surface area contributed by atoms with Crippen LogP contribution in [-0.2, 0) is 0 Å². The van der Waals surface area contributed by atoms with Gasteiger partial charge in [0.15, 0.2) is 0 Å². The van der Waals surface area contributed by atoms with Gasteiger partial charge in [-0.1, -0.05) is 33.1 Å². The van der Waals surface area contributed by atoms with Crippen molar-refractivity contribution in [2.75, 3.05) is 13.1 Å². The zero-order chi connectivity index (χ0) is 9.31. The number of nitrogens with one attached hydrogen (secondary N) is 1. The van der Waals surface area contributed by atoms with Gasteiger partial charge in [0, 0.05) is 6.54 Å². The Kier molecular flexibility index (Phi) is 2.64. The summed E-state index contributed by atoms with van der Waals surface area (Å²) >= 11 is 0. The molecule has 1 spiro atoms. The summed E-state index contributed by atoms with van der Waals surface area (Å²) in [6.45, 7) is 7.41. The maximum atomic E-state index is 3.58. The Morgan fingerprint density at radius 1 is 1.15 bits per heavy atom. The average Bonchev–Trinajstić information content (AvgIpc) is 2.32. The van der Waals surface area contributed by atoms with E-state index in [-0.39, 0.29) is 0 Å². The molecule has 0 aromatic rings. The maximum Gasteiger partial charge on any atom is 0.00110 e. The van der Waals surface area contributed by atoms with Crippen LogP contribution in [0.4, 0.5) is 0 Å². The van der Waals surface area contributed by atoms with E-state index in [1.165, 1.54) is 45.2 Å². The summed E-state index contributed by atoms with van der Waals surface area (Å²) in [5.41, 5.74) is 0.685. The van der Waals surface area contributed by atoms with Gasteiger partial charge in [-0.05, 0) is 36.6 Å². The predicted molar refractivity (Wildman–Crippen MR) is 56.7 cm³/mol. The van der Waals surface area contributed by atoms with Gasteiger partial charge in [0.1, 0.15) is 0 Å². The summed E-state index contributed by atoms with van der Waals surface area (Å²) in [6.07, 6.45) is 7.35. The SMILES string of the molecule is CC1CCCC2(CC1)CNCC2C.